The summed E-state index contributed by atoms with van der Waals surface area (Å²) < 4.78 is 10.4. The molecule has 4 rings (SSSR count). The molecule has 0 spiro atoms. The Kier molecular flexibility index (Phi) is 11.7. The quantitative estimate of drug-likeness (QED) is 0.207. The van der Waals surface area contributed by atoms with Gasteiger partial charge in [0.05, 0.1) is 26.2 Å². The lowest BCUT2D eigenvalue weighted by molar-refractivity contribution is -0.169. The van der Waals surface area contributed by atoms with E-state index in [0.717, 1.165) is 20.9 Å². The van der Waals surface area contributed by atoms with Crippen molar-refractivity contribution in [1.29, 1.82) is 0 Å². The van der Waals surface area contributed by atoms with E-state index in [4.69, 9.17) is 20.9 Å². The number of nitrogens with two attached hydrogens (primary N) is 2. The summed E-state index contributed by atoms with van der Waals surface area (Å²) in [6.45, 7) is 1.98. The van der Waals surface area contributed by atoms with Gasteiger partial charge in [-0.15, -0.1) is 0 Å². The van der Waals surface area contributed by atoms with Gasteiger partial charge >= 0.3 is 11.9 Å². The Bertz CT molecular complexity index is 1280. The van der Waals surface area contributed by atoms with Crippen molar-refractivity contribution in [3.05, 3.63) is 71.8 Å². The molecule has 2 fully saturated rings. The predicted molar refractivity (Wildman–Crippen MR) is 164 cm³/mol. The van der Waals surface area contributed by atoms with Crippen LogP contribution in [0.25, 0.3) is 0 Å². The minimum absolute atomic E-state index is 0.133. The van der Waals surface area contributed by atoms with E-state index in [1.54, 1.807) is 23.6 Å². The standard InChI is InChI=1S/C32H40N6O8/c1-21(35-15-27(39)37(28(40)16-35)19-45-31(43)25(33)13-23-9-5-3-6-10-23)22(2)36-17-29(41)38(30(42)18-36)20-46-32(44)26(34)14-24-11-7-4-8-12-24/h3-12,21-22,25-26H,13-20,33-34H2,1-2H3. The molecule has 4 atom stereocenters. The maximum absolute atomic E-state index is 12.9. The third kappa shape index (κ3) is 8.81. The van der Waals surface area contributed by atoms with E-state index in [1.165, 1.54) is 0 Å². The third-order valence-electron chi connectivity index (χ3n) is 8.28. The Hall–Kier alpha value is -4.50. The zero-order chi connectivity index (χ0) is 33.4. The van der Waals surface area contributed by atoms with Gasteiger partial charge in [0.25, 0.3) is 0 Å². The maximum Gasteiger partial charge on any atom is 0.324 e. The summed E-state index contributed by atoms with van der Waals surface area (Å²) in [5, 5.41) is 0. The van der Waals surface area contributed by atoms with Gasteiger partial charge in [-0.1, -0.05) is 60.7 Å². The minimum Gasteiger partial charge on any atom is -0.443 e. The summed E-state index contributed by atoms with van der Waals surface area (Å²) >= 11 is 0. The highest BCUT2D eigenvalue weighted by molar-refractivity contribution is 6.00. The van der Waals surface area contributed by atoms with Crippen LogP contribution in [0.4, 0.5) is 0 Å². The fourth-order valence-corrected chi connectivity index (χ4v) is 5.27. The molecule has 14 nitrogen and oxygen atoms in total. The second-order valence-electron chi connectivity index (χ2n) is 11.5. The number of hydrogen-bond acceptors (Lipinski definition) is 12. The van der Waals surface area contributed by atoms with Gasteiger partial charge in [0.2, 0.25) is 23.6 Å². The van der Waals surface area contributed by atoms with Crippen molar-refractivity contribution < 1.29 is 38.2 Å². The molecule has 2 aromatic carbocycles. The first-order valence-electron chi connectivity index (χ1n) is 15.0. The van der Waals surface area contributed by atoms with E-state index in [9.17, 15) is 28.8 Å². The molecule has 2 aliphatic heterocycles. The molecule has 0 aromatic heterocycles. The molecule has 0 bridgehead atoms. The predicted octanol–water partition coefficient (Wildman–Crippen LogP) is -0.754. The van der Waals surface area contributed by atoms with E-state index in [2.05, 4.69) is 0 Å². The molecule has 0 saturated carbocycles. The fraction of sp³-hybridized carbons (Fsp3) is 0.438. The van der Waals surface area contributed by atoms with Crippen LogP contribution in [-0.4, -0.2) is 119 Å². The third-order valence-corrected chi connectivity index (χ3v) is 8.28. The maximum atomic E-state index is 12.9. The molecule has 2 aliphatic rings. The molecule has 2 saturated heterocycles. The van der Waals surface area contributed by atoms with Crippen LogP contribution in [0.3, 0.4) is 0 Å². The molecule has 2 aromatic rings. The Morgan fingerprint density at radius 2 is 0.913 bits per heavy atom. The SMILES string of the molecule is CC(C(C)N1CC(=O)N(COC(=O)C(N)Cc2ccccc2)C(=O)C1)N1CC(=O)N(COC(=O)C(N)Cc2ccccc2)C(=O)C1. The summed E-state index contributed by atoms with van der Waals surface area (Å²) in [5.41, 5.74) is 13.6. The highest BCUT2D eigenvalue weighted by Crippen LogP contribution is 2.18. The number of piperazine rings is 2. The first-order valence-corrected chi connectivity index (χ1v) is 15.0. The van der Waals surface area contributed by atoms with Crippen LogP contribution in [0, 0.1) is 0 Å². The van der Waals surface area contributed by atoms with Gasteiger partial charge in [0.1, 0.15) is 12.1 Å². The molecule has 246 valence electrons. The molecular formula is C32H40N6O8. The van der Waals surface area contributed by atoms with Crippen molar-refractivity contribution in [3.63, 3.8) is 0 Å². The molecule has 2 heterocycles. The first-order chi connectivity index (χ1) is 21.9. The summed E-state index contributed by atoms with van der Waals surface area (Å²) in [6.07, 6.45) is 0.496. The van der Waals surface area contributed by atoms with Gasteiger partial charge in [0.15, 0.2) is 13.5 Å². The average molecular weight is 637 g/mol. The zero-order valence-corrected chi connectivity index (χ0v) is 25.9. The van der Waals surface area contributed by atoms with E-state index in [1.807, 2.05) is 60.7 Å². The van der Waals surface area contributed by atoms with Gasteiger partial charge in [-0.25, -0.2) is 9.80 Å². The largest absolute Gasteiger partial charge is 0.443 e. The summed E-state index contributed by atoms with van der Waals surface area (Å²) in [7, 11) is 0. The number of benzene rings is 2. The lowest BCUT2D eigenvalue weighted by atomic mass is 10.1. The smallest absolute Gasteiger partial charge is 0.324 e. The first kappa shape index (κ1) is 34.4. The topological polar surface area (TPSA) is 186 Å². The van der Waals surface area contributed by atoms with Crippen molar-refractivity contribution in [3.8, 4) is 0 Å². The zero-order valence-electron chi connectivity index (χ0n) is 25.9. The van der Waals surface area contributed by atoms with Gasteiger partial charge in [0, 0.05) is 12.1 Å². The van der Waals surface area contributed by atoms with Crippen LogP contribution in [0.2, 0.25) is 0 Å². The second kappa shape index (κ2) is 15.7. The number of hydrogen-bond donors (Lipinski definition) is 2. The summed E-state index contributed by atoms with van der Waals surface area (Å²) in [6, 6.07) is 15.6. The summed E-state index contributed by atoms with van der Waals surface area (Å²) in [5.74, 6) is -3.67. The Labute approximate surface area is 267 Å². The molecule has 46 heavy (non-hydrogen) atoms. The molecule has 0 radical (unpaired) electrons. The van der Waals surface area contributed by atoms with Crippen LogP contribution in [0.15, 0.2) is 60.7 Å². The number of ether oxygens (including phenoxy) is 2. The van der Waals surface area contributed by atoms with Crippen molar-refractivity contribution >= 4 is 35.6 Å². The normalized spacial score (nSPS) is 19.0. The lowest BCUT2D eigenvalue weighted by Gasteiger charge is -2.43. The minimum atomic E-state index is -0.954. The highest BCUT2D eigenvalue weighted by Gasteiger charge is 2.40. The number of carbonyl (C=O) groups excluding carboxylic acids is 6. The Balaban J connectivity index is 1.23. The summed E-state index contributed by atoms with van der Waals surface area (Å²) in [4.78, 5) is 81.3. The number of esters is 2. The number of amides is 4. The number of rotatable bonds is 13. The van der Waals surface area contributed by atoms with Crippen LogP contribution in [0.5, 0.6) is 0 Å². The molecule has 14 heteroatoms. The Morgan fingerprint density at radius 3 is 1.22 bits per heavy atom. The van der Waals surface area contributed by atoms with Crippen molar-refractivity contribution in [2.75, 3.05) is 39.6 Å². The monoisotopic (exact) mass is 636 g/mol. The van der Waals surface area contributed by atoms with Gasteiger partial charge < -0.3 is 20.9 Å². The van der Waals surface area contributed by atoms with Crippen LogP contribution < -0.4 is 11.5 Å². The second-order valence-corrected chi connectivity index (χ2v) is 11.5. The molecule has 0 aliphatic carbocycles. The van der Waals surface area contributed by atoms with Crippen LogP contribution >= 0.6 is 0 Å². The van der Waals surface area contributed by atoms with E-state index in [0.29, 0.717) is 0 Å². The van der Waals surface area contributed by atoms with Crippen molar-refractivity contribution in [1.82, 2.24) is 19.6 Å². The van der Waals surface area contributed by atoms with Gasteiger partial charge in [-0.05, 0) is 37.8 Å². The van der Waals surface area contributed by atoms with Crippen molar-refractivity contribution in [2.24, 2.45) is 11.5 Å². The van der Waals surface area contributed by atoms with Crippen molar-refractivity contribution in [2.45, 2.75) is 50.9 Å². The lowest BCUT2D eigenvalue weighted by Crippen LogP contribution is -2.63. The number of imide groups is 2. The van der Waals surface area contributed by atoms with E-state index >= 15 is 0 Å². The van der Waals surface area contributed by atoms with Crippen LogP contribution in [-0.2, 0) is 51.1 Å². The van der Waals surface area contributed by atoms with Gasteiger partial charge in [-0.3, -0.25) is 38.6 Å². The molecule has 4 amide bonds. The van der Waals surface area contributed by atoms with E-state index < -0.39 is 73.2 Å². The molecule has 4 unspecified atom stereocenters. The van der Waals surface area contributed by atoms with Gasteiger partial charge in [-0.2, -0.15) is 0 Å². The fourth-order valence-electron chi connectivity index (χ4n) is 5.27. The molecule has 4 N–H and O–H groups in total. The van der Waals surface area contributed by atoms with E-state index in [-0.39, 0.29) is 39.0 Å². The Morgan fingerprint density at radius 1 is 0.609 bits per heavy atom. The highest BCUT2D eigenvalue weighted by atomic mass is 16.6. The number of nitrogens with zero attached hydrogens (tertiary/aromatic N) is 4. The molecular weight excluding hydrogens is 596 g/mol. The van der Waals surface area contributed by atoms with Crippen LogP contribution in [0.1, 0.15) is 25.0 Å². The average Bonchev–Trinajstić information content (AvgIpc) is 3.03. The number of carbonyl (C=O) groups is 6.